The summed E-state index contributed by atoms with van der Waals surface area (Å²) in [4.78, 5) is 4.22. The van der Waals surface area contributed by atoms with Crippen LogP contribution in [-0.4, -0.2) is 36.9 Å². The molecule has 0 spiro atoms. The summed E-state index contributed by atoms with van der Waals surface area (Å²) < 4.78 is 12.3. The smallest absolute Gasteiger partial charge is 0.118 e. The Hall–Kier alpha value is -1.85. The second kappa shape index (κ2) is 7.67. The molecule has 0 unspecified atom stereocenters. The molecule has 2 aromatic rings. The molecule has 0 amide bonds. The largest absolute Gasteiger partial charge is 0.497 e. The Morgan fingerprint density at radius 2 is 2.00 bits per heavy atom. The molecular weight excluding hydrogens is 254 g/mol. The molecule has 5 nitrogen and oxygen atoms in total. The van der Waals surface area contributed by atoms with E-state index in [1.54, 1.807) is 14.2 Å². The normalized spacial score (nSPS) is 10.7. The minimum Gasteiger partial charge on any atom is -0.497 e. The van der Waals surface area contributed by atoms with Gasteiger partial charge in [-0.25, -0.2) is 4.98 Å². The van der Waals surface area contributed by atoms with Crippen molar-refractivity contribution < 1.29 is 9.47 Å². The fraction of sp³-hybridized carbons (Fsp3) is 0.400. The highest BCUT2D eigenvalue weighted by molar-refractivity contribution is 5.27. The molecule has 0 aliphatic rings. The van der Waals surface area contributed by atoms with Crippen LogP contribution in [0.25, 0.3) is 0 Å². The zero-order chi connectivity index (χ0) is 14.2. The van der Waals surface area contributed by atoms with Crippen LogP contribution in [0.4, 0.5) is 0 Å². The molecule has 0 atom stereocenters. The molecule has 0 aliphatic heterocycles. The van der Waals surface area contributed by atoms with Crippen molar-refractivity contribution in [1.29, 1.82) is 0 Å². The molecule has 0 fully saturated rings. The standard InChI is InChI=1S/C15H21N3O2/c1-19-8-7-16-9-14-10-17-12-18(14)11-13-3-5-15(20-2)6-4-13/h3-6,10,12,16H,7-9,11H2,1-2H3. The van der Waals surface area contributed by atoms with Crippen LogP contribution in [-0.2, 0) is 17.8 Å². The molecular formula is C15H21N3O2. The van der Waals surface area contributed by atoms with Gasteiger partial charge >= 0.3 is 0 Å². The van der Waals surface area contributed by atoms with Gasteiger partial charge in [0.05, 0.1) is 25.7 Å². The number of ether oxygens (including phenoxy) is 2. The molecule has 0 saturated heterocycles. The Balaban J connectivity index is 1.93. The third kappa shape index (κ3) is 4.08. The van der Waals surface area contributed by atoms with Crippen molar-refractivity contribution in [2.45, 2.75) is 13.1 Å². The van der Waals surface area contributed by atoms with E-state index in [1.807, 2.05) is 24.7 Å². The summed E-state index contributed by atoms with van der Waals surface area (Å²) in [7, 11) is 3.38. The van der Waals surface area contributed by atoms with Crippen LogP contribution in [0.3, 0.4) is 0 Å². The SMILES string of the molecule is COCCNCc1cncn1Cc1ccc(OC)cc1. The van der Waals surface area contributed by atoms with E-state index in [1.165, 1.54) is 5.56 Å². The number of benzene rings is 1. The van der Waals surface area contributed by atoms with Crippen LogP contribution in [0, 0.1) is 0 Å². The zero-order valence-electron chi connectivity index (χ0n) is 12.0. The van der Waals surface area contributed by atoms with Crippen LogP contribution in [0.15, 0.2) is 36.8 Å². The van der Waals surface area contributed by atoms with Crippen LogP contribution in [0.1, 0.15) is 11.3 Å². The first-order chi connectivity index (χ1) is 9.83. The Morgan fingerprint density at radius 3 is 2.70 bits per heavy atom. The molecule has 1 heterocycles. The highest BCUT2D eigenvalue weighted by Crippen LogP contribution is 2.13. The number of methoxy groups -OCH3 is 2. The van der Waals surface area contributed by atoms with Gasteiger partial charge in [0.2, 0.25) is 0 Å². The molecule has 0 radical (unpaired) electrons. The third-order valence-corrected chi connectivity index (χ3v) is 3.10. The van der Waals surface area contributed by atoms with Crippen LogP contribution in [0.2, 0.25) is 0 Å². The van der Waals surface area contributed by atoms with Crippen molar-refractivity contribution in [2.75, 3.05) is 27.4 Å². The van der Waals surface area contributed by atoms with Gasteiger partial charge < -0.3 is 19.4 Å². The quantitative estimate of drug-likeness (QED) is 0.745. The average molecular weight is 275 g/mol. The van der Waals surface area contributed by atoms with Crippen LogP contribution >= 0.6 is 0 Å². The number of hydrogen-bond acceptors (Lipinski definition) is 4. The predicted octanol–water partition coefficient (Wildman–Crippen LogP) is 1.68. The molecule has 20 heavy (non-hydrogen) atoms. The lowest BCUT2D eigenvalue weighted by atomic mass is 10.2. The predicted molar refractivity (Wildman–Crippen MR) is 77.9 cm³/mol. The van der Waals surface area contributed by atoms with Gasteiger partial charge in [0.15, 0.2) is 0 Å². The van der Waals surface area contributed by atoms with Gasteiger partial charge in [-0.05, 0) is 17.7 Å². The maximum absolute atomic E-state index is 5.16. The molecule has 0 aliphatic carbocycles. The van der Waals surface area contributed by atoms with Gasteiger partial charge in [-0.2, -0.15) is 0 Å². The summed E-state index contributed by atoms with van der Waals surface area (Å²) in [5.41, 5.74) is 2.39. The topological polar surface area (TPSA) is 48.3 Å². The Morgan fingerprint density at radius 1 is 1.20 bits per heavy atom. The number of rotatable bonds is 8. The van der Waals surface area contributed by atoms with Crippen molar-refractivity contribution in [3.63, 3.8) is 0 Å². The van der Waals surface area contributed by atoms with E-state index in [9.17, 15) is 0 Å². The first-order valence-electron chi connectivity index (χ1n) is 6.65. The Labute approximate surface area is 119 Å². The lowest BCUT2D eigenvalue weighted by molar-refractivity contribution is 0.199. The molecule has 2 rings (SSSR count). The minimum atomic E-state index is 0.715. The summed E-state index contributed by atoms with van der Waals surface area (Å²) >= 11 is 0. The third-order valence-electron chi connectivity index (χ3n) is 3.10. The van der Waals surface area contributed by atoms with E-state index < -0.39 is 0 Å². The molecule has 0 bridgehead atoms. The number of aromatic nitrogens is 2. The minimum absolute atomic E-state index is 0.715. The van der Waals surface area contributed by atoms with Gasteiger partial charge in [0.25, 0.3) is 0 Å². The zero-order valence-corrected chi connectivity index (χ0v) is 12.0. The maximum Gasteiger partial charge on any atom is 0.118 e. The van der Waals surface area contributed by atoms with E-state index in [0.29, 0.717) is 6.61 Å². The molecule has 5 heteroatoms. The lowest BCUT2D eigenvalue weighted by Gasteiger charge is -2.10. The van der Waals surface area contributed by atoms with Gasteiger partial charge in [0.1, 0.15) is 5.75 Å². The average Bonchev–Trinajstić information content (AvgIpc) is 2.92. The van der Waals surface area contributed by atoms with E-state index in [2.05, 4.69) is 27.0 Å². The van der Waals surface area contributed by atoms with Gasteiger partial charge in [0, 0.05) is 32.9 Å². The summed E-state index contributed by atoms with van der Waals surface area (Å²) in [6.07, 6.45) is 3.75. The molecule has 1 N–H and O–H groups in total. The van der Waals surface area contributed by atoms with Crippen LogP contribution < -0.4 is 10.1 Å². The van der Waals surface area contributed by atoms with Crippen molar-refractivity contribution in [2.24, 2.45) is 0 Å². The second-order valence-electron chi connectivity index (χ2n) is 4.53. The van der Waals surface area contributed by atoms with E-state index in [0.717, 1.165) is 31.1 Å². The highest BCUT2D eigenvalue weighted by Gasteiger charge is 2.03. The summed E-state index contributed by atoms with van der Waals surface area (Å²) in [6, 6.07) is 8.09. The molecule has 108 valence electrons. The number of nitrogens with one attached hydrogen (secondary N) is 1. The summed E-state index contributed by atoms with van der Waals surface area (Å²) in [6.45, 7) is 3.15. The monoisotopic (exact) mass is 275 g/mol. The first kappa shape index (κ1) is 14.6. The summed E-state index contributed by atoms with van der Waals surface area (Å²) in [5.74, 6) is 0.876. The Kier molecular flexibility index (Phi) is 5.58. The lowest BCUT2D eigenvalue weighted by Crippen LogP contribution is -2.20. The number of hydrogen-bond donors (Lipinski definition) is 1. The van der Waals surface area contributed by atoms with Crippen molar-refractivity contribution >= 4 is 0 Å². The van der Waals surface area contributed by atoms with Crippen molar-refractivity contribution in [1.82, 2.24) is 14.9 Å². The van der Waals surface area contributed by atoms with E-state index >= 15 is 0 Å². The van der Waals surface area contributed by atoms with Crippen molar-refractivity contribution in [3.05, 3.63) is 48.0 Å². The van der Waals surface area contributed by atoms with Crippen LogP contribution in [0.5, 0.6) is 5.75 Å². The molecule has 1 aromatic heterocycles. The van der Waals surface area contributed by atoms with E-state index in [4.69, 9.17) is 9.47 Å². The van der Waals surface area contributed by atoms with Gasteiger partial charge in [-0.3, -0.25) is 0 Å². The Bertz CT molecular complexity index is 508. The molecule has 1 aromatic carbocycles. The number of imidazole rings is 1. The fourth-order valence-electron chi connectivity index (χ4n) is 1.96. The first-order valence-corrected chi connectivity index (χ1v) is 6.65. The van der Waals surface area contributed by atoms with Gasteiger partial charge in [-0.15, -0.1) is 0 Å². The second-order valence-corrected chi connectivity index (χ2v) is 4.53. The number of nitrogens with zero attached hydrogens (tertiary/aromatic N) is 2. The van der Waals surface area contributed by atoms with E-state index in [-0.39, 0.29) is 0 Å². The summed E-state index contributed by atoms with van der Waals surface area (Å²) in [5, 5.41) is 3.33. The highest BCUT2D eigenvalue weighted by atomic mass is 16.5. The molecule has 0 saturated carbocycles. The van der Waals surface area contributed by atoms with Gasteiger partial charge in [-0.1, -0.05) is 12.1 Å². The van der Waals surface area contributed by atoms with Crippen molar-refractivity contribution in [3.8, 4) is 5.75 Å². The maximum atomic E-state index is 5.16. The fourth-order valence-corrected chi connectivity index (χ4v) is 1.96.